The van der Waals surface area contributed by atoms with Gasteiger partial charge in [0.25, 0.3) is 0 Å². The number of nitrogens with one attached hydrogen (secondary N) is 1. The number of carbonyl (C=O) groups is 1. The standard InChI is InChI=1S/C10H10F3NO3S/c1-7(15)8-3-2-4-9(5-8)18(16,17)14-6-10(11,12)13/h2-5,14H,6H2,1H3. The van der Waals surface area contributed by atoms with E-state index in [4.69, 9.17) is 0 Å². The quantitative estimate of drug-likeness (QED) is 0.855. The highest BCUT2D eigenvalue weighted by atomic mass is 32.2. The molecule has 0 bridgehead atoms. The molecule has 0 saturated carbocycles. The number of sulfonamides is 1. The minimum Gasteiger partial charge on any atom is -0.295 e. The molecule has 1 aromatic carbocycles. The first kappa shape index (κ1) is 14.7. The third-order valence-electron chi connectivity index (χ3n) is 2.01. The Bertz CT molecular complexity index is 552. The Morgan fingerprint density at radius 1 is 1.33 bits per heavy atom. The van der Waals surface area contributed by atoms with Crippen LogP contribution in [-0.2, 0) is 10.0 Å². The van der Waals surface area contributed by atoms with Crippen molar-refractivity contribution >= 4 is 15.8 Å². The van der Waals surface area contributed by atoms with E-state index in [2.05, 4.69) is 0 Å². The molecule has 0 fully saturated rings. The fraction of sp³-hybridized carbons (Fsp3) is 0.300. The molecule has 0 saturated heterocycles. The second-order valence-electron chi connectivity index (χ2n) is 3.52. The summed E-state index contributed by atoms with van der Waals surface area (Å²) in [7, 11) is -4.27. The lowest BCUT2D eigenvalue weighted by Crippen LogP contribution is -2.33. The van der Waals surface area contributed by atoms with Crippen LogP contribution in [0.2, 0.25) is 0 Å². The zero-order chi connectivity index (χ0) is 14.0. The molecule has 8 heteroatoms. The zero-order valence-corrected chi connectivity index (χ0v) is 10.1. The Labute approximate surface area is 102 Å². The number of ketones is 1. The molecule has 0 unspecified atom stereocenters. The minimum atomic E-state index is -4.63. The van der Waals surface area contributed by atoms with Gasteiger partial charge in [-0.25, -0.2) is 13.1 Å². The van der Waals surface area contributed by atoms with E-state index in [0.717, 1.165) is 12.1 Å². The van der Waals surface area contributed by atoms with Crippen LogP contribution in [0, 0.1) is 0 Å². The van der Waals surface area contributed by atoms with Crippen molar-refractivity contribution in [1.82, 2.24) is 4.72 Å². The van der Waals surface area contributed by atoms with Crippen LogP contribution in [0.3, 0.4) is 0 Å². The normalized spacial score (nSPS) is 12.4. The van der Waals surface area contributed by atoms with E-state index in [-0.39, 0.29) is 16.2 Å². The fourth-order valence-electron chi connectivity index (χ4n) is 1.14. The summed E-state index contributed by atoms with van der Waals surface area (Å²) >= 11 is 0. The second kappa shape index (κ2) is 5.07. The SMILES string of the molecule is CC(=O)c1cccc(S(=O)(=O)NCC(F)(F)F)c1. The van der Waals surface area contributed by atoms with Crippen molar-refractivity contribution in [2.75, 3.05) is 6.54 Å². The smallest absolute Gasteiger partial charge is 0.295 e. The van der Waals surface area contributed by atoms with Gasteiger partial charge in [-0.3, -0.25) is 4.79 Å². The summed E-state index contributed by atoms with van der Waals surface area (Å²) in [6.07, 6.45) is -4.63. The number of benzene rings is 1. The Morgan fingerprint density at radius 2 is 1.94 bits per heavy atom. The summed E-state index contributed by atoms with van der Waals surface area (Å²) in [5.41, 5.74) is 0.116. The highest BCUT2D eigenvalue weighted by Gasteiger charge is 2.30. The Morgan fingerprint density at radius 3 is 2.44 bits per heavy atom. The van der Waals surface area contributed by atoms with Crippen LogP contribution in [0.4, 0.5) is 13.2 Å². The summed E-state index contributed by atoms with van der Waals surface area (Å²) in [6.45, 7) is -0.422. The van der Waals surface area contributed by atoms with E-state index in [0.29, 0.717) is 0 Å². The van der Waals surface area contributed by atoms with E-state index < -0.39 is 22.7 Å². The molecule has 0 amide bonds. The van der Waals surface area contributed by atoms with E-state index in [9.17, 15) is 26.4 Å². The lowest BCUT2D eigenvalue weighted by atomic mass is 10.2. The third kappa shape index (κ3) is 4.11. The predicted octanol–water partition coefficient (Wildman–Crippen LogP) is 1.73. The Hall–Kier alpha value is -1.41. The molecule has 0 aromatic heterocycles. The minimum absolute atomic E-state index is 0.116. The summed E-state index contributed by atoms with van der Waals surface area (Å²) in [5, 5.41) is 0. The highest BCUT2D eigenvalue weighted by molar-refractivity contribution is 7.89. The summed E-state index contributed by atoms with van der Waals surface area (Å²) in [4.78, 5) is 10.7. The number of alkyl halides is 3. The van der Waals surface area contributed by atoms with Crippen molar-refractivity contribution in [2.45, 2.75) is 18.0 Å². The third-order valence-corrected chi connectivity index (χ3v) is 3.41. The number of hydrogen-bond acceptors (Lipinski definition) is 3. The number of halogens is 3. The van der Waals surface area contributed by atoms with Crippen molar-refractivity contribution in [2.24, 2.45) is 0 Å². The number of Topliss-reactive ketones (excluding diaryl/α,β-unsaturated/α-hetero) is 1. The zero-order valence-electron chi connectivity index (χ0n) is 9.28. The van der Waals surface area contributed by atoms with Gasteiger partial charge in [0.15, 0.2) is 5.78 Å². The molecule has 0 aliphatic rings. The first-order valence-corrected chi connectivity index (χ1v) is 6.27. The lowest BCUT2D eigenvalue weighted by molar-refractivity contribution is -0.121. The van der Waals surface area contributed by atoms with Gasteiger partial charge >= 0.3 is 6.18 Å². The monoisotopic (exact) mass is 281 g/mol. The van der Waals surface area contributed by atoms with E-state index in [1.54, 1.807) is 0 Å². The largest absolute Gasteiger partial charge is 0.402 e. The van der Waals surface area contributed by atoms with Crippen molar-refractivity contribution in [3.05, 3.63) is 29.8 Å². The summed E-state index contributed by atoms with van der Waals surface area (Å²) in [5.74, 6) is -0.372. The molecule has 1 aromatic rings. The van der Waals surface area contributed by atoms with Gasteiger partial charge in [0.2, 0.25) is 10.0 Å². The first-order valence-electron chi connectivity index (χ1n) is 4.79. The van der Waals surface area contributed by atoms with E-state index >= 15 is 0 Å². The van der Waals surface area contributed by atoms with Gasteiger partial charge in [0.05, 0.1) is 4.90 Å². The van der Waals surface area contributed by atoms with E-state index in [1.165, 1.54) is 23.8 Å². The van der Waals surface area contributed by atoms with Gasteiger partial charge in [-0.15, -0.1) is 0 Å². The van der Waals surface area contributed by atoms with Gasteiger partial charge in [-0.2, -0.15) is 13.2 Å². The molecule has 1 rings (SSSR count). The average Bonchev–Trinajstić information content (AvgIpc) is 2.26. The van der Waals surface area contributed by atoms with Gasteiger partial charge in [0, 0.05) is 5.56 Å². The maximum absolute atomic E-state index is 11.9. The topological polar surface area (TPSA) is 63.2 Å². The van der Waals surface area contributed by atoms with Crippen LogP contribution in [0.1, 0.15) is 17.3 Å². The van der Waals surface area contributed by atoms with Gasteiger partial charge in [-0.05, 0) is 19.1 Å². The molecule has 18 heavy (non-hydrogen) atoms. The molecular weight excluding hydrogens is 271 g/mol. The summed E-state index contributed by atoms with van der Waals surface area (Å²) < 4.78 is 60.3. The number of rotatable bonds is 4. The molecule has 0 aliphatic heterocycles. The van der Waals surface area contributed by atoms with Crippen LogP contribution in [0.25, 0.3) is 0 Å². The molecule has 0 spiro atoms. The maximum Gasteiger partial charge on any atom is 0.402 e. The predicted molar refractivity (Wildman–Crippen MR) is 57.7 cm³/mol. The molecule has 0 radical (unpaired) electrons. The van der Waals surface area contributed by atoms with Crippen LogP contribution >= 0.6 is 0 Å². The molecule has 1 N–H and O–H groups in total. The molecule has 100 valence electrons. The van der Waals surface area contributed by atoms with Crippen LogP contribution in [0.5, 0.6) is 0 Å². The second-order valence-corrected chi connectivity index (χ2v) is 5.29. The average molecular weight is 281 g/mol. The van der Waals surface area contributed by atoms with Crippen LogP contribution in [0.15, 0.2) is 29.2 Å². The van der Waals surface area contributed by atoms with Crippen molar-refractivity contribution in [3.8, 4) is 0 Å². The summed E-state index contributed by atoms with van der Waals surface area (Å²) in [6, 6.07) is 4.82. The van der Waals surface area contributed by atoms with Gasteiger partial charge in [-0.1, -0.05) is 12.1 Å². The highest BCUT2D eigenvalue weighted by Crippen LogP contribution is 2.16. The molecular formula is C10H10F3NO3S. The van der Waals surface area contributed by atoms with Gasteiger partial charge in [0.1, 0.15) is 6.54 Å². The van der Waals surface area contributed by atoms with Crippen molar-refractivity contribution < 1.29 is 26.4 Å². The fourth-order valence-corrected chi connectivity index (χ4v) is 2.20. The molecule has 0 heterocycles. The maximum atomic E-state index is 11.9. The molecule has 0 atom stereocenters. The van der Waals surface area contributed by atoms with Crippen molar-refractivity contribution in [3.63, 3.8) is 0 Å². The van der Waals surface area contributed by atoms with E-state index in [1.807, 2.05) is 0 Å². The molecule has 4 nitrogen and oxygen atoms in total. The Kier molecular flexibility index (Phi) is 4.12. The van der Waals surface area contributed by atoms with Crippen LogP contribution < -0.4 is 4.72 Å². The van der Waals surface area contributed by atoms with Crippen LogP contribution in [-0.4, -0.2) is 26.9 Å². The first-order chi connectivity index (χ1) is 8.12. The van der Waals surface area contributed by atoms with Crippen molar-refractivity contribution in [1.29, 1.82) is 0 Å². The Balaban J connectivity index is 2.99. The van der Waals surface area contributed by atoms with Gasteiger partial charge < -0.3 is 0 Å². The lowest BCUT2D eigenvalue weighted by Gasteiger charge is -2.09. The molecule has 0 aliphatic carbocycles. The number of hydrogen-bond donors (Lipinski definition) is 1. The number of carbonyl (C=O) groups excluding carboxylic acids is 1.